The molecule has 18 heavy (non-hydrogen) atoms. The Kier molecular flexibility index (Phi) is 3.32. The van der Waals surface area contributed by atoms with Gasteiger partial charge in [-0.15, -0.1) is 0 Å². The van der Waals surface area contributed by atoms with Crippen molar-refractivity contribution in [3.05, 3.63) is 0 Å². The maximum Gasteiger partial charge on any atom is 0.244 e. The van der Waals surface area contributed by atoms with Gasteiger partial charge in [-0.2, -0.15) is 0 Å². The van der Waals surface area contributed by atoms with E-state index in [9.17, 15) is 4.79 Å². The van der Waals surface area contributed by atoms with Crippen LogP contribution in [0.2, 0.25) is 0 Å². The minimum absolute atomic E-state index is 0.157. The highest BCUT2D eigenvalue weighted by atomic mass is 16.5. The van der Waals surface area contributed by atoms with Crippen molar-refractivity contribution in [1.29, 1.82) is 0 Å². The van der Waals surface area contributed by atoms with Gasteiger partial charge in [-0.25, -0.2) is 0 Å². The zero-order chi connectivity index (χ0) is 12.6. The van der Waals surface area contributed by atoms with Gasteiger partial charge < -0.3 is 9.64 Å². The van der Waals surface area contributed by atoms with E-state index in [2.05, 4.69) is 12.2 Å². The van der Waals surface area contributed by atoms with E-state index in [1.54, 1.807) is 0 Å². The second-order valence-electron chi connectivity index (χ2n) is 6.02. The molecule has 1 unspecified atom stereocenters. The second-order valence-corrected chi connectivity index (χ2v) is 6.02. The molecule has 1 spiro atoms. The Morgan fingerprint density at radius 3 is 2.83 bits per heavy atom. The van der Waals surface area contributed by atoms with E-state index in [-0.39, 0.29) is 11.7 Å². The third-order valence-corrected chi connectivity index (χ3v) is 4.36. The van der Waals surface area contributed by atoms with Gasteiger partial charge in [0.2, 0.25) is 5.91 Å². The van der Waals surface area contributed by atoms with Crippen molar-refractivity contribution in [3.8, 4) is 0 Å². The van der Waals surface area contributed by atoms with Gasteiger partial charge in [0.15, 0.2) is 0 Å². The fourth-order valence-electron chi connectivity index (χ4n) is 2.81. The van der Waals surface area contributed by atoms with E-state index in [0.717, 1.165) is 51.4 Å². The summed E-state index contributed by atoms with van der Waals surface area (Å²) in [6.45, 7) is 4.71. The van der Waals surface area contributed by atoms with Gasteiger partial charge in [0.05, 0.1) is 11.7 Å². The molecule has 2 saturated carbocycles. The summed E-state index contributed by atoms with van der Waals surface area (Å²) in [4.78, 5) is 14.3. The Bertz CT molecular complexity index is 324. The molecule has 0 bridgehead atoms. The number of hydrogen-bond donors (Lipinski definition) is 1. The summed E-state index contributed by atoms with van der Waals surface area (Å²) in [6.07, 6.45) is 6.95. The molecule has 1 amide bonds. The lowest BCUT2D eigenvalue weighted by Gasteiger charge is -2.22. The summed E-state index contributed by atoms with van der Waals surface area (Å²) in [7, 11) is 0. The summed E-state index contributed by atoms with van der Waals surface area (Å²) in [5.74, 6) is 1.16. The number of ether oxygens (including phenoxy) is 1. The molecular weight excluding hydrogens is 228 g/mol. The van der Waals surface area contributed by atoms with Crippen LogP contribution in [0.15, 0.2) is 0 Å². The Balaban J connectivity index is 1.41. The largest absolute Gasteiger partial charge is 0.381 e. The second kappa shape index (κ2) is 4.82. The summed E-state index contributed by atoms with van der Waals surface area (Å²) < 4.78 is 5.63. The van der Waals surface area contributed by atoms with E-state index >= 15 is 0 Å². The standard InChI is InChI=1S/C14H24N2O2/c1-2-12-15-14(6-7-14)13(17)16(12)8-3-9-18-10-11-4-5-11/h11-12,15H,2-10H2,1H3. The third-order valence-electron chi connectivity index (χ3n) is 4.36. The van der Waals surface area contributed by atoms with Crippen molar-refractivity contribution in [2.75, 3.05) is 19.8 Å². The van der Waals surface area contributed by atoms with Crippen LogP contribution in [-0.2, 0) is 9.53 Å². The van der Waals surface area contributed by atoms with Crippen LogP contribution in [0.1, 0.15) is 45.4 Å². The van der Waals surface area contributed by atoms with E-state index in [0.29, 0.717) is 5.91 Å². The van der Waals surface area contributed by atoms with Gasteiger partial charge >= 0.3 is 0 Å². The number of carbonyl (C=O) groups is 1. The van der Waals surface area contributed by atoms with Crippen LogP contribution in [0.3, 0.4) is 0 Å². The number of nitrogens with zero attached hydrogens (tertiary/aromatic N) is 1. The van der Waals surface area contributed by atoms with Crippen LogP contribution in [0, 0.1) is 5.92 Å². The van der Waals surface area contributed by atoms with E-state index in [1.165, 1.54) is 12.8 Å². The fraction of sp³-hybridized carbons (Fsp3) is 0.929. The molecule has 1 heterocycles. The zero-order valence-corrected chi connectivity index (χ0v) is 11.3. The first-order valence-electron chi connectivity index (χ1n) is 7.42. The van der Waals surface area contributed by atoms with Crippen molar-refractivity contribution in [3.63, 3.8) is 0 Å². The summed E-state index contributed by atoms with van der Waals surface area (Å²) >= 11 is 0. The molecule has 3 aliphatic rings. The fourth-order valence-corrected chi connectivity index (χ4v) is 2.81. The van der Waals surface area contributed by atoms with Gasteiger partial charge in [0.25, 0.3) is 0 Å². The Morgan fingerprint density at radius 2 is 2.22 bits per heavy atom. The van der Waals surface area contributed by atoms with Crippen LogP contribution in [0.4, 0.5) is 0 Å². The topological polar surface area (TPSA) is 41.6 Å². The van der Waals surface area contributed by atoms with Gasteiger partial charge in [-0.3, -0.25) is 10.1 Å². The molecule has 0 radical (unpaired) electrons. The first kappa shape index (κ1) is 12.4. The van der Waals surface area contributed by atoms with Crippen molar-refractivity contribution in [2.45, 2.75) is 57.2 Å². The Labute approximate surface area is 109 Å². The molecular formula is C14H24N2O2. The van der Waals surface area contributed by atoms with Crippen LogP contribution in [-0.4, -0.2) is 42.3 Å². The van der Waals surface area contributed by atoms with Gasteiger partial charge in [-0.05, 0) is 44.4 Å². The molecule has 4 nitrogen and oxygen atoms in total. The average molecular weight is 252 g/mol. The first-order chi connectivity index (χ1) is 8.75. The maximum absolute atomic E-state index is 12.3. The molecule has 0 aromatic carbocycles. The first-order valence-corrected chi connectivity index (χ1v) is 7.42. The molecule has 102 valence electrons. The molecule has 2 aliphatic carbocycles. The van der Waals surface area contributed by atoms with E-state index in [1.807, 2.05) is 4.90 Å². The van der Waals surface area contributed by atoms with Crippen molar-refractivity contribution in [2.24, 2.45) is 5.92 Å². The molecule has 1 atom stereocenters. The zero-order valence-electron chi connectivity index (χ0n) is 11.3. The van der Waals surface area contributed by atoms with Crippen molar-refractivity contribution < 1.29 is 9.53 Å². The third kappa shape index (κ3) is 2.41. The molecule has 3 rings (SSSR count). The molecule has 1 saturated heterocycles. The molecule has 1 aliphatic heterocycles. The summed E-state index contributed by atoms with van der Waals surface area (Å²) in [5.41, 5.74) is -0.157. The van der Waals surface area contributed by atoms with Crippen LogP contribution in [0.25, 0.3) is 0 Å². The molecule has 3 fully saturated rings. The molecule has 4 heteroatoms. The number of rotatable bonds is 7. The summed E-state index contributed by atoms with van der Waals surface area (Å²) in [5, 5.41) is 3.50. The number of hydrogen-bond acceptors (Lipinski definition) is 3. The van der Waals surface area contributed by atoms with Crippen LogP contribution < -0.4 is 5.32 Å². The molecule has 1 N–H and O–H groups in total. The highest BCUT2D eigenvalue weighted by Gasteiger charge is 2.58. The van der Waals surface area contributed by atoms with E-state index in [4.69, 9.17) is 4.74 Å². The van der Waals surface area contributed by atoms with Crippen molar-refractivity contribution >= 4 is 5.91 Å². The monoisotopic (exact) mass is 252 g/mol. The number of carbonyl (C=O) groups excluding carboxylic acids is 1. The maximum atomic E-state index is 12.3. The highest BCUT2D eigenvalue weighted by Crippen LogP contribution is 2.42. The van der Waals surface area contributed by atoms with E-state index < -0.39 is 0 Å². The Hall–Kier alpha value is -0.610. The van der Waals surface area contributed by atoms with Gasteiger partial charge in [0, 0.05) is 19.8 Å². The SMILES string of the molecule is CCC1NC2(CC2)C(=O)N1CCCOCC1CC1. The predicted molar refractivity (Wildman–Crippen MR) is 69.1 cm³/mol. The average Bonchev–Trinajstić information content (AvgIpc) is 3.25. The minimum atomic E-state index is -0.157. The predicted octanol–water partition coefficient (Wildman–Crippen LogP) is 1.50. The molecule has 0 aromatic rings. The lowest BCUT2D eigenvalue weighted by molar-refractivity contribution is -0.131. The Morgan fingerprint density at radius 1 is 1.44 bits per heavy atom. The van der Waals surface area contributed by atoms with Crippen LogP contribution in [0.5, 0.6) is 0 Å². The number of nitrogens with one attached hydrogen (secondary N) is 1. The smallest absolute Gasteiger partial charge is 0.244 e. The summed E-state index contributed by atoms with van der Waals surface area (Å²) in [6, 6.07) is 0. The quantitative estimate of drug-likeness (QED) is 0.698. The van der Waals surface area contributed by atoms with Crippen molar-refractivity contribution in [1.82, 2.24) is 10.2 Å². The normalized spacial score (nSPS) is 29.3. The van der Waals surface area contributed by atoms with Crippen LogP contribution >= 0.6 is 0 Å². The number of amides is 1. The lowest BCUT2D eigenvalue weighted by atomic mass is 10.2. The van der Waals surface area contributed by atoms with Gasteiger partial charge in [-0.1, -0.05) is 6.92 Å². The van der Waals surface area contributed by atoms with Gasteiger partial charge in [0.1, 0.15) is 0 Å². The lowest BCUT2D eigenvalue weighted by Crippen LogP contribution is -2.37. The highest BCUT2D eigenvalue weighted by molar-refractivity contribution is 5.91. The molecule has 0 aromatic heterocycles. The minimum Gasteiger partial charge on any atom is -0.381 e.